The molecule has 1 aliphatic heterocycles. The summed E-state index contributed by atoms with van der Waals surface area (Å²) in [4.78, 5) is 11.0. The molecule has 0 bridgehead atoms. The summed E-state index contributed by atoms with van der Waals surface area (Å²) in [5.74, 6) is -0.704. The predicted octanol–water partition coefficient (Wildman–Crippen LogP) is -1.90. The molecule has 0 unspecified atom stereocenters. The molecule has 5 nitrogen and oxygen atoms in total. The summed E-state index contributed by atoms with van der Waals surface area (Å²) in [6.07, 6.45) is 0. The van der Waals surface area contributed by atoms with E-state index in [-0.39, 0.29) is 46.8 Å². The average molecular weight is 227 g/mol. The van der Waals surface area contributed by atoms with Gasteiger partial charge in [0.05, 0.1) is 5.91 Å². The molecule has 0 saturated heterocycles. The van der Waals surface area contributed by atoms with Crippen molar-refractivity contribution < 1.29 is 47.0 Å². The molecule has 0 aromatic rings. The molecule has 74 valence electrons. The Bertz CT molecular complexity index is 371. The fourth-order valence-corrected chi connectivity index (χ4v) is 1.92. The van der Waals surface area contributed by atoms with Gasteiger partial charge in [0, 0.05) is 11.5 Å². The van der Waals surface area contributed by atoms with Crippen molar-refractivity contribution in [2.75, 3.05) is 0 Å². The van der Waals surface area contributed by atoms with Crippen LogP contribution in [-0.4, -0.2) is 14.3 Å². The Morgan fingerprint density at radius 2 is 1.86 bits per heavy atom. The maximum absolute atomic E-state index is 11.0. The summed E-state index contributed by atoms with van der Waals surface area (Å²) in [5, 5.41) is 0. The van der Waals surface area contributed by atoms with Gasteiger partial charge in [0.15, 0.2) is 0 Å². The van der Waals surface area contributed by atoms with Crippen LogP contribution >= 0.6 is 0 Å². The van der Waals surface area contributed by atoms with Gasteiger partial charge >= 0.3 is 29.6 Å². The summed E-state index contributed by atoms with van der Waals surface area (Å²) in [7, 11) is -4.04. The molecule has 0 spiro atoms. The average Bonchev–Trinajstić information content (AvgIpc) is 1.95. The zero-order valence-electron chi connectivity index (χ0n) is 8.57. The van der Waals surface area contributed by atoms with Gasteiger partial charge in [-0.15, -0.1) is 0 Å². The normalized spacial score (nSPS) is 19.9. The zero-order chi connectivity index (χ0) is 10.2. The second kappa shape index (κ2) is 4.65. The molecule has 0 N–H and O–H groups in total. The number of amides is 1. The van der Waals surface area contributed by atoms with Crippen LogP contribution in [0.5, 0.6) is 0 Å². The monoisotopic (exact) mass is 227 g/mol. The van der Waals surface area contributed by atoms with Gasteiger partial charge in [0.1, 0.15) is 5.76 Å². The first-order valence-electron chi connectivity index (χ1n) is 3.76. The molecule has 0 aromatic carbocycles. The molecule has 1 heterocycles. The summed E-state index contributed by atoms with van der Waals surface area (Å²) < 4.78 is 29.2. The SMILES string of the molecule is CC1=C(C(C)C)OS(=O)(=O)[N-]C1=O.[Na+]. The van der Waals surface area contributed by atoms with Gasteiger partial charge in [-0.3, -0.25) is 0 Å². The number of nitrogens with zero attached hydrogens (tertiary/aromatic N) is 1. The third-order valence-corrected chi connectivity index (χ3v) is 2.38. The number of hydrogen-bond donors (Lipinski definition) is 0. The first-order chi connectivity index (χ1) is 5.83. The Morgan fingerprint density at radius 3 is 2.29 bits per heavy atom. The molecule has 0 radical (unpaired) electrons. The van der Waals surface area contributed by atoms with Crippen molar-refractivity contribution in [2.24, 2.45) is 5.92 Å². The summed E-state index contributed by atoms with van der Waals surface area (Å²) in [6.45, 7) is 4.98. The molecule has 0 aliphatic carbocycles. The topological polar surface area (TPSA) is 74.5 Å². The van der Waals surface area contributed by atoms with Crippen LogP contribution < -0.4 is 29.6 Å². The van der Waals surface area contributed by atoms with E-state index >= 15 is 0 Å². The number of carbonyl (C=O) groups excluding carboxylic acids is 1. The van der Waals surface area contributed by atoms with E-state index in [9.17, 15) is 13.2 Å². The molecule has 0 fully saturated rings. The first kappa shape index (κ1) is 14.0. The van der Waals surface area contributed by atoms with Crippen molar-refractivity contribution in [3.05, 3.63) is 16.1 Å². The summed E-state index contributed by atoms with van der Waals surface area (Å²) in [5.41, 5.74) is 0.254. The molecule has 1 rings (SSSR count). The van der Waals surface area contributed by atoms with Gasteiger partial charge in [0.25, 0.3) is 10.3 Å². The number of allylic oxidation sites excluding steroid dienone is 1. The van der Waals surface area contributed by atoms with Gasteiger partial charge in [0.2, 0.25) is 0 Å². The van der Waals surface area contributed by atoms with Crippen LogP contribution in [0.25, 0.3) is 4.72 Å². The van der Waals surface area contributed by atoms with E-state index in [1.807, 2.05) is 0 Å². The fourth-order valence-electron chi connectivity index (χ4n) is 0.999. The van der Waals surface area contributed by atoms with Crippen LogP contribution in [0.1, 0.15) is 20.8 Å². The minimum atomic E-state index is -4.04. The van der Waals surface area contributed by atoms with Gasteiger partial charge < -0.3 is 13.7 Å². The third kappa shape index (κ3) is 2.98. The Labute approximate surface area is 105 Å². The predicted molar refractivity (Wildman–Crippen MR) is 45.9 cm³/mol. The number of hydrogen-bond acceptors (Lipinski definition) is 4. The summed E-state index contributed by atoms with van der Waals surface area (Å²) in [6, 6.07) is 0. The minimum absolute atomic E-state index is 0. The quantitative estimate of drug-likeness (QED) is 0.490. The van der Waals surface area contributed by atoms with E-state index in [1.165, 1.54) is 6.92 Å². The first-order valence-corrected chi connectivity index (χ1v) is 5.12. The maximum Gasteiger partial charge on any atom is 1.00 e. The Hall–Kier alpha value is -0.0400. The van der Waals surface area contributed by atoms with E-state index < -0.39 is 16.2 Å². The van der Waals surface area contributed by atoms with Crippen LogP contribution in [0, 0.1) is 5.92 Å². The van der Waals surface area contributed by atoms with E-state index in [4.69, 9.17) is 0 Å². The number of rotatable bonds is 1. The summed E-state index contributed by atoms with van der Waals surface area (Å²) >= 11 is 0. The molecule has 7 heteroatoms. The fraction of sp³-hybridized carbons (Fsp3) is 0.571. The van der Waals surface area contributed by atoms with E-state index in [0.717, 1.165) is 0 Å². The van der Waals surface area contributed by atoms with Crippen molar-refractivity contribution in [3.8, 4) is 0 Å². The van der Waals surface area contributed by atoms with Crippen molar-refractivity contribution >= 4 is 16.2 Å². The second-order valence-corrected chi connectivity index (χ2v) is 4.26. The zero-order valence-corrected chi connectivity index (χ0v) is 11.4. The van der Waals surface area contributed by atoms with Gasteiger partial charge in [-0.05, 0) is 6.92 Å². The second-order valence-electron chi connectivity index (χ2n) is 3.05. The Balaban J connectivity index is 0.00000169. The molecule has 1 aliphatic rings. The molecule has 0 saturated carbocycles. The van der Waals surface area contributed by atoms with Gasteiger partial charge in [-0.25, -0.2) is 8.42 Å². The minimum Gasteiger partial charge on any atom is -0.508 e. The number of carbonyl (C=O) groups is 1. The Kier molecular flexibility index (Phi) is 4.64. The maximum atomic E-state index is 11.0. The van der Waals surface area contributed by atoms with E-state index in [2.05, 4.69) is 8.91 Å². The smallest absolute Gasteiger partial charge is 0.508 e. The van der Waals surface area contributed by atoms with Crippen LogP contribution in [0.2, 0.25) is 0 Å². The van der Waals surface area contributed by atoms with Crippen LogP contribution in [0.15, 0.2) is 11.3 Å². The Morgan fingerprint density at radius 1 is 1.36 bits per heavy atom. The van der Waals surface area contributed by atoms with Crippen molar-refractivity contribution in [3.63, 3.8) is 0 Å². The standard InChI is InChI=1S/C7H11NO4S.Na/c1-4(2)6-5(3)7(9)8-13(10,11)12-6;/h4H,1-3H3,(H,8,9);/q;+1/p-1. The largest absolute Gasteiger partial charge is 1.00 e. The van der Waals surface area contributed by atoms with Gasteiger partial charge in [-0.2, -0.15) is 0 Å². The molecular weight excluding hydrogens is 217 g/mol. The van der Waals surface area contributed by atoms with E-state index in [1.54, 1.807) is 13.8 Å². The molecule has 14 heavy (non-hydrogen) atoms. The van der Waals surface area contributed by atoms with Crippen LogP contribution in [-0.2, 0) is 19.3 Å². The molecule has 0 atom stereocenters. The van der Waals surface area contributed by atoms with Crippen molar-refractivity contribution in [1.29, 1.82) is 0 Å². The molecule has 1 amide bonds. The van der Waals surface area contributed by atoms with E-state index in [0.29, 0.717) is 0 Å². The van der Waals surface area contributed by atoms with Crippen molar-refractivity contribution in [1.82, 2.24) is 0 Å². The van der Waals surface area contributed by atoms with Crippen LogP contribution in [0.3, 0.4) is 0 Å². The van der Waals surface area contributed by atoms with Crippen LogP contribution in [0.4, 0.5) is 0 Å². The molecular formula is C7H10NNaO4S. The molecule has 0 aromatic heterocycles. The van der Waals surface area contributed by atoms with Gasteiger partial charge in [-0.1, -0.05) is 13.8 Å². The van der Waals surface area contributed by atoms with Crippen molar-refractivity contribution in [2.45, 2.75) is 20.8 Å². The third-order valence-electron chi connectivity index (χ3n) is 1.60.